The SMILES string of the molecule is CN(C)C(=O)c1sc(NC2CCC2)cc1N. The number of thiophene rings is 1. The number of anilines is 2. The molecule has 0 bridgehead atoms. The minimum atomic E-state index is -0.0239. The summed E-state index contributed by atoms with van der Waals surface area (Å²) in [7, 11) is 3.47. The Bertz CT molecular complexity index is 396. The molecule has 1 fully saturated rings. The van der Waals surface area contributed by atoms with Crippen molar-refractivity contribution in [3.8, 4) is 0 Å². The number of nitrogens with zero attached hydrogens (tertiary/aromatic N) is 1. The van der Waals surface area contributed by atoms with Crippen molar-refractivity contribution in [2.24, 2.45) is 0 Å². The van der Waals surface area contributed by atoms with Gasteiger partial charge in [0.2, 0.25) is 0 Å². The minimum absolute atomic E-state index is 0.0239. The third-order valence-electron chi connectivity index (χ3n) is 2.81. The van der Waals surface area contributed by atoms with Crippen molar-refractivity contribution in [3.05, 3.63) is 10.9 Å². The van der Waals surface area contributed by atoms with Crippen LogP contribution >= 0.6 is 11.3 Å². The van der Waals surface area contributed by atoms with Crippen LogP contribution in [0.15, 0.2) is 6.07 Å². The predicted octanol–water partition coefficient (Wildman–Crippen LogP) is 2.00. The molecule has 1 saturated carbocycles. The van der Waals surface area contributed by atoms with Crippen molar-refractivity contribution < 1.29 is 4.79 Å². The molecule has 1 aromatic heterocycles. The fraction of sp³-hybridized carbons (Fsp3) is 0.545. The third-order valence-corrected chi connectivity index (χ3v) is 3.88. The van der Waals surface area contributed by atoms with Crippen LogP contribution in [0.4, 0.5) is 10.7 Å². The molecule has 1 heterocycles. The lowest BCUT2D eigenvalue weighted by Crippen LogP contribution is -2.26. The van der Waals surface area contributed by atoms with Crippen LogP contribution in [-0.4, -0.2) is 30.9 Å². The Kier molecular flexibility index (Phi) is 3.05. The number of amides is 1. The number of rotatable bonds is 3. The van der Waals surface area contributed by atoms with E-state index in [4.69, 9.17) is 5.73 Å². The zero-order valence-electron chi connectivity index (χ0n) is 9.62. The standard InChI is InChI=1S/C11H17N3OS/c1-14(2)11(15)10-8(12)6-9(16-10)13-7-4-3-5-7/h6-7,13H,3-5,12H2,1-2H3. The first-order chi connectivity index (χ1) is 7.58. The zero-order valence-corrected chi connectivity index (χ0v) is 10.4. The van der Waals surface area contributed by atoms with Crippen molar-refractivity contribution >= 4 is 27.9 Å². The highest BCUT2D eigenvalue weighted by Gasteiger charge is 2.20. The summed E-state index contributed by atoms with van der Waals surface area (Å²) in [4.78, 5) is 14.0. The number of hydrogen-bond donors (Lipinski definition) is 2. The molecular formula is C11H17N3OS. The molecule has 88 valence electrons. The molecule has 5 heteroatoms. The Morgan fingerprint density at radius 3 is 2.75 bits per heavy atom. The van der Waals surface area contributed by atoms with E-state index in [0.29, 0.717) is 16.6 Å². The lowest BCUT2D eigenvalue weighted by Gasteiger charge is -2.26. The molecule has 2 rings (SSSR count). The van der Waals surface area contributed by atoms with Crippen LogP contribution in [0, 0.1) is 0 Å². The molecule has 0 spiro atoms. The molecule has 0 aromatic carbocycles. The molecule has 0 saturated heterocycles. The molecular weight excluding hydrogens is 222 g/mol. The maximum Gasteiger partial charge on any atom is 0.265 e. The summed E-state index contributed by atoms with van der Waals surface area (Å²) in [5.41, 5.74) is 6.41. The molecule has 1 aliphatic rings. The number of carbonyl (C=O) groups is 1. The third kappa shape index (κ3) is 2.14. The van der Waals surface area contributed by atoms with Gasteiger partial charge in [-0.3, -0.25) is 4.79 Å². The van der Waals surface area contributed by atoms with Gasteiger partial charge in [0.05, 0.1) is 10.7 Å². The fourth-order valence-corrected chi connectivity index (χ4v) is 2.68. The molecule has 1 aliphatic carbocycles. The van der Waals surface area contributed by atoms with Gasteiger partial charge in [0.15, 0.2) is 0 Å². The smallest absolute Gasteiger partial charge is 0.265 e. The molecule has 0 unspecified atom stereocenters. The number of nitrogens with one attached hydrogen (secondary N) is 1. The highest BCUT2D eigenvalue weighted by molar-refractivity contribution is 7.18. The normalized spacial score (nSPS) is 15.6. The van der Waals surface area contributed by atoms with Crippen LogP contribution in [-0.2, 0) is 0 Å². The van der Waals surface area contributed by atoms with E-state index < -0.39 is 0 Å². The summed E-state index contributed by atoms with van der Waals surface area (Å²) >= 11 is 1.45. The van der Waals surface area contributed by atoms with Crippen molar-refractivity contribution in [1.29, 1.82) is 0 Å². The van der Waals surface area contributed by atoms with E-state index in [1.165, 1.54) is 30.6 Å². The van der Waals surface area contributed by atoms with E-state index in [1.54, 1.807) is 19.0 Å². The Hall–Kier alpha value is -1.23. The lowest BCUT2D eigenvalue weighted by atomic mass is 9.93. The molecule has 1 amide bonds. The number of hydrogen-bond acceptors (Lipinski definition) is 4. The van der Waals surface area contributed by atoms with Gasteiger partial charge in [0.1, 0.15) is 4.88 Å². The predicted molar refractivity (Wildman–Crippen MR) is 68.0 cm³/mol. The van der Waals surface area contributed by atoms with E-state index in [9.17, 15) is 4.79 Å². The minimum Gasteiger partial charge on any atom is -0.397 e. The monoisotopic (exact) mass is 239 g/mol. The number of nitrogen functional groups attached to an aromatic ring is 1. The van der Waals surface area contributed by atoms with Gasteiger partial charge in [-0.2, -0.15) is 0 Å². The van der Waals surface area contributed by atoms with E-state index in [-0.39, 0.29) is 5.91 Å². The van der Waals surface area contributed by atoms with Crippen molar-refractivity contribution in [2.45, 2.75) is 25.3 Å². The molecule has 0 radical (unpaired) electrons. The Morgan fingerprint density at radius 1 is 1.56 bits per heavy atom. The first kappa shape index (κ1) is 11.3. The van der Waals surface area contributed by atoms with Crippen molar-refractivity contribution in [3.63, 3.8) is 0 Å². The summed E-state index contributed by atoms with van der Waals surface area (Å²) in [6.45, 7) is 0. The van der Waals surface area contributed by atoms with E-state index >= 15 is 0 Å². The summed E-state index contributed by atoms with van der Waals surface area (Å²) < 4.78 is 0. The number of carbonyl (C=O) groups excluding carboxylic acids is 1. The average molecular weight is 239 g/mol. The van der Waals surface area contributed by atoms with Crippen LogP contribution in [0.1, 0.15) is 28.9 Å². The second-order valence-electron chi connectivity index (χ2n) is 4.37. The van der Waals surface area contributed by atoms with Gasteiger partial charge in [-0.05, 0) is 25.3 Å². The second-order valence-corrected chi connectivity index (χ2v) is 5.42. The Labute approximate surface area is 99.4 Å². The van der Waals surface area contributed by atoms with Gasteiger partial charge < -0.3 is 16.0 Å². The highest BCUT2D eigenvalue weighted by Crippen LogP contribution is 2.33. The molecule has 4 nitrogen and oxygen atoms in total. The highest BCUT2D eigenvalue weighted by atomic mass is 32.1. The van der Waals surface area contributed by atoms with Crippen LogP contribution < -0.4 is 11.1 Å². The summed E-state index contributed by atoms with van der Waals surface area (Å²) in [5, 5.41) is 4.41. The van der Waals surface area contributed by atoms with Crippen molar-refractivity contribution in [2.75, 3.05) is 25.1 Å². The molecule has 0 atom stereocenters. The topological polar surface area (TPSA) is 58.4 Å². The lowest BCUT2D eigenvalue weighted by molar-refractivity contribution is 0.0833. The van der Waals surface area contributed by atoms with Crippen LogP contribution in [0.3, 0.4) is 0 Å². The van der Waals surface area contributed by atoms with Gasteiger partial charge in [-0.25, -0.2) is 0 Å². The van der Waals surface area contributed by atoms with Crippen LogP contribution in [0.25, 0.3) is 0 Å². The van der Waals surface area contributed by atoms with Gasteiger partial charge in [-0.15, -0.1) is 11.3 Å². The molecule has 3 N–H and O–H groups in total. The van der Waals surface area contributed by atoms with Gasteiger partial charge in [0.25, 0.3) is 5.91 Å². The average Bonchev–Trinajstić information content (AvgIpc) is 2.52. The number of nitrogens with two attached hydrogens (primary N) is 1. The maximum atomic E-state index is 11.8. The molecule has 16 heavy (non-hydrogen) atoms. The van der Waals surface area contributed by atoms with Gasteiger partial charge >= 0.3 is 0 Å². The van der Waals surface area contributed by atoms with Gasteiger partial charge in [0, 0.05) is 20.1 Å². The summed E-state index contributed by atoms with van der Waals surface area (Å²) in [5.74, 6) is -0.0239. The van der Waals surface area contributed by atoms with E-state index in [0.717, 1.165) is 5.00 Å². The Morgan fingerprint density at radius 2 is 2.25 bits per heavy atom. The maximum absolute atomic E-state index is 11.8. The second kappa shape index (κ2) is 4.33. The fourth-order valence-electron chi connectivity index (χ4n) is 1.60. The zero-order chi connectivity index (χ0) is 11.7. The van der Waals surface area contributed by atoms with Gasteiger partial charge in [-0.1, -0.05) is 0 Å². The first-order valence-electron chi connectivity index (χ1n) is 5.45. The first-order valence-corrected chi connectivity index (χ1v) is 6.27. The van der Waals surface area contributed by atoms with E-state index in [1.807, 2.05) is 6.07 Å². The molecule has 0 aliphatic heterocycles. The molecule has 1 aromatic rings. The van der Waals surface area contributed by atoms with E-state index in [2.05, 4.69) is 5.32 Å². The van der Waals surface area contributed by atoms with Crippen molar-refractivity contribution in [1.82, 2.24) is 4.90 Å². The summed E-state index contributed by atoms with van der Waals surface area (Å²) in [6, 6.07) is 2.43. The largest absolute Gasteiger partial charge is 0.397 e. The Balaban J connectivity index is 2.11. The van der Waals surface area contributed by atoms with Crippen LogP contribution in [0.2, 0.25) is 0 Å². The quantitative estimate of drug-likeness (QED) is 0.848. The summed E-state index contributed by atoms with van der Waals surface area (Å²) in [6.07, 6.45) is 3.73. The van der Waals surface area contributed by atoms with Crippen LogP contribution in [0.5, 0.6) is 0 Å².